The lowest BCUT2D eigenvalue weighted by Gasteiger charge is -2.18. The highest BCUT2D eigenvalue weighted by Crippen LogP contribution is 2.31. The molecule has 4 aromatic rings. The third kappa shape index (κ3) is 19.5. The number of fused-ring (bicyclic) bond motifs is 1. The molecule has 0 bridgehead atoms. The summed E-state index contributed by atoms with van der Waals surface area (Å²) >= 11 is 0. The molecule has 1 atom stereocenters. The predicted octanol–water partition coefficient (Wildman–Crippen LogP) is 8.65. The lowest BCUT2D eigenvalue weighted by Crippen LogP contribution is -2.30. The normalized spacial score (nSPS) is 11.9. The highest BCUT2D eigenvalue weighted by molar-refractivity contribution is 5.96. The molecular formula is C49H66N2O8. The second-order valence-electron chi connectivity index (χ2n) is 15.5. The number of rotatable bonds is 32. The van der Waals surface area contributed by atoms with Crippen LogP contribution in [-0.4, -0.2) is 95.1 Å². The summed E-state index contributed by atoms with van der Waals surface area (Å²) < 4.78 is 27.9. The van der Waals surface area contributed by atoms with Crippen molar-refractivity contribution >= 4 is 28.2 Å². The van der Waals surface area contributed by atoms with E-state index in [9.17, 15) is 14.4 Å². The van der Waals surface area contributed by atoms with Crippen molar-refractivity contribution in [1.29, 1.82) is 0 Å². The lowest BCUT2D eigenvalue weighted by molar-refractivity contribution is -0.125. The van der Waals surface area contributed by atoms with Crippen molar-refractivity contribution in [3.05, 3.63) is 102 Å². The highest BCUT2D eigenvalue weighted by atomic mass is 16.6. The molecule has 1 amide bonds. The van der Waals surface area contributed by atoms with E-state index in [0.717, 1.165) is 48.3 Å². The molecule has 0 aliphatic rings. The van der Waals surface area contributed by atoms with E-state index < -0.39 is 0 Å². The number of pyridine rings is 1. The minimum atomic E-state index is -0.299. The van der Waals surface area contributed by atoms with Gasteiger partial charge in [0, 0.05) is 50.8 Å². The molecule has 1 aromatic heterocycles. The van der Waals surface area contributed by atoms with Crippen LogP contribution in [0.5, 0.6) is 0 Å². The number of unbranched alkanes of at least 4 members (excludes halogenated alkanes) is 1. The molecule has 1 N–H and O–H groups in total. The third-order valence-electron chi connectivity index (χ3n) is 10.0. The van der Waals surface area contributed by atoms with Gasteiger partial charge < -0.3 is 29.0 Å². The number of aromatic nitrogens is 1. The first-order chi connectivity index (χ1) is 28.8. The Labute approximate surface area is 351 Å². The number of amides is 1. The minimum absolute atomic E-state index is 0.0535. The van der Waals surface area contributed by atoms with Gasteiger partial charge in [0.1, 0.15) is 5.78 Å². The Balaban J connectivity index is 1.15. The van der Waals surface area contributed by atoms with E-state index in [1.165, 1.54) is 16.3 Å². The monoisotopic (exact) mass is 810 g/mol. The fourth-order valence-corrected chi connectivity index (χ4v) is 6.73. The van der Waals surface area contributed by atoms with Crippen LogP contribution in [0.4, 0.5) is 0 Å². The molecule has 10 heteroatoms. The Morgan fingerprint density at radius 1 is 0.644 bits per heavy atom. The van der Waals surface area contributed by atoms with Crippen LogP contribution in [0.1, 0.15) is 88.0 Å². The summed E-state index contributed by atoms with van der Waals surface area (Å²) in [7, 11) is 0. The van der Waals surface area contributed by atoms with Gasteiger partial charge in [0.05, 0.1) is 59.4 Å². The fourth-order valence-electron chi connectivity index (χ4n) is 6.73. The van der Waals surface area contributed by atoms with E-state index >= 15 is 0 Å². The zero-order valence-corrected chi connectivity index (χ0v) is 35.6. The lowest BCUT2D eigenvalue weighted by atomic mass is 9.87. The van der Waals surface area contributed by atoms with Crippen LogP contribution in [-0.2, 0) is 44.5 Å². The molecule has 0 radical (unpaired) electrons. The summed E-state index contributed by atoms with van der Waals surface area (Å²) in [6.45, 7) is 11.6. The first kappa shape index (κ1) is 47.4. The standard InChI is InChI=1S/C49H66N2O8/c1-38(2)22-25-56-27-29-58-31-33-59-32-30-57-28-26-55-24-9-13-45(52)35-43(36-46(53)37-51-49(54)16-7-5-12-44-34-39(3)21-23-50-44)40-17-19-42(20-18-40)48-15-8-11-41-10-4-6-14-47(41)48/h4,6,8,10-11,14-15,17-21,23,34,38,43H,5,7,9,12-13,16,22,24-33,35-37H2,1-3H3,(H,51,54)/t43-/m1/s1. The van der Waals surface area contributed by atoms with Crippen LogP contribution in [0, 0.1) is 12.8 Å². The van der Waals surface area contributed by atoms with Crippen molar-refractivity contribution < 1.29 is 38.1 Å². The molecule has 0 spiro atoms. The summed E-state index contributed by atoms with van der Waals surface area (Å²) in [6.07, 6.45) is 6.93. The molecule has 320 valence electrons. The summed E-state index contributed by atoms with van der Waals surface area (Å²) in [5, 5.41) is 5.14. The van der Waals surface area contributed by atoms with Crippen LogP contribution in [0.25, 0.3) is 21.9 Å². The topological polar surface area (TPSA) is 122 Å². The quantitative estimate of drug-likeness (QED) is 0.0483. The van der Waals surface area contributed by atoms with Gasteiger partial charge in [-0.2, -0.15) is 0 Å². The first-order valence-electron chi connectivity index (χ1n) is 21.5. The molecule has 0 aliphatic carbocycles. The molecule has 0 aliphatic heterocycles. The SMILES string of the molecule is Cc1ccnc(CCCCC(=O)NCC(=O)C[C@@H](CC(=O)CCCOCCOCCOCCOCCOCCC(C)C)c2ccc(-c3cccc4ccccc34)cc2)c1. The molecule has 59 heavy (non-hydrogen) atoms. The molecule has 0 saturated carbocycles. The van der Waals surface area contributed by atoms with E-state index in [2.05, 4.69) is 72.7 Å². The molecule has 3 aromatic carbocycles. The summed E-state index contributed by atoms with van der Waals surface area (Å²) in [4.78, 5) is 43.5. The largest absolute Gasteiger partial charge is 0.379 e. The van der Waals surface area contributed by atoms with Crippen molar-refractivity contribution in [3.8, 4) is 11.1 Å². The zero-order valence-electron chi connectivity index (χ0n) is 35.6. The number of hydrogen-bond donors (Lipinski definition) is 1. The fraction of sp³-hybridized carbons (Fsp3) is 0.510. The van der Waals surface area contributed by atoms with Crippen LogP contribution >= 0.6 is 0 Å². The molecule has 0 fully saturated rings. The van der Waals surface area contributed by atoms with Gasteiger partial charge in [-0.1, -0.05) is 80.6 Å². The molecule has 0 saturated heterocycles. The summed E-state index contributed by atoms with van der Waals surface area (Å²) in [6, 6.07) is 26.8. The number of aryl methyl sites for hydroxylation is 2. The number of carbonyl (C=O) groups excluding carboxylic acids is 3. The van der Waals surface area contributed by atoms with Crippen LogP contribution in [0.2, 0.25) is 0 Å². The smallest absolute Gasteiger partial charge is 0.220 e. The zero-order chi connectivity index (χ0) is 41.9. The molecule has 0 unspecified atom stereocenters. The minimum Gasteiger partial charge on any atom is -0.379 e. The average Bonchev–Trinajstić information content (AvgIpc) is 3.23. The Morgan fingerprint density at radius 3 is 1.95 bits per heavy atom. The number of nitrogens with zero attached hydrogens (tertiary/aromatic N) is 1. The van der Waals surface area contributed by atoms with Gasteiger partial charge in [0.2, 0.25) is 5.91 Å². The van der Waals surface area contributed by atoms with Gasteiger partial charge in [-0.15, -0.1) is 0 Å². The second kappa shape index (κ2) is 28.2. The third-order valence-corrected chi connectivity index (χ3v) is 10.0. The number of hydrogen-bond acceptors (Lipinski definition) is 9. The second-order valence-corrected chi connectivity index (χ2v) is 15.5. The van der Waals surface area contributed by atoms with Crippen molar-refractivity contribution in [1.82, 2.24) is 10.3 Å². The maximum atomic E-state index is 13.3. The number of ether oxygens (including phenoxy) is 5. The van der Waals surface area contributed by atoms with Crippen LogP contribution < -0.4 is 5.32 Å². The Kier molecular flexibility index (Phi) is 22.6. The number of nitrogens with one attached hydrogen (secondary N) is 1. The van der Waals surface area contributed by atoms with Gasteiger partial charge in [0.15, 0.2) is 5.78 Å². The van der Waals surface area contributed by atoms with Gasteiger partial charge in [-0.05, 0) is 96.0 Å². The number of carbonyl (C=O) groups is 3. The summed E-state index contributed by atoms with van der Waals surface area (Å²) in [5.74, 6) is 0.181. The Bertz CT molecular complexity index is 1810. The molecule has 1 heterocycles. The van der Waals surface area contributed by atoms with Crippen molar-refractivity contribution in [2.75, 3.05) is 72.6 Å². The predicted molar refractivity (Wildman–Crippen MR) is 234 cm³/mol. The summed E-state index contributed by atoms with van der Waals surface area (Å²) in [5.41, 5.74) is 5.32. The van der Waals surface area contributed by atoms with E-state index in [1.807, 2.05) is 43.5 Å². The number of ketones is 2. The molecular weight excluding hydrogens is 745 g/mol. The van der Waals surface area contributed by atoms with Gasteiger partial charge in [-0.3, -0.25) is 19.4 Å². The molecule has 4 rings (SSSR count). The van der Waals surface area contributed by atoms with E-state index in [0.29, 0.717) is 91.1 Å². The Morgan fingerprint density at radius 2 is 1.27 bits per heavy atom. The van der Waals surface area contributed by atoms with Gasteiger partial charge in [-0.25, -0.2) is 0 Å². The van der Waals surface area contributed by atoms with Crippen molar-refractivity contribution in [2.24, 2.45) is 5.92 Å². The first-order valence-corrected chi connectivity index (χ1v) is 21.5. The molecule has 10 nitrogen and oxygen atoms in total. The number of benzene rings is 3. The van der Waals surface area contributed by atoms with E-state index in [-0.39, 0.29) is 42.8 Å². The highest BCUT2D eigenvalue weighted by Gasteiger charge is 2.20. The van der Waals surface area contributed by atoms with E-state index in [4.69, 9.17) is 23.7 Å². The van der Waals surface area contributed by atoms with Gasteiger partial charge >= 0.3 is 0 Å². The Hall–Kier alpha value is -4.32. The van der Waals surface area contributed by atoms with Crippen LogP contribution in [0.15, 0.2) is 85.1 Å². The van der Waals surface area contributed by atoms with E-state index in [1.54, 1.807) is 0 Å². The number of Topliss-reactive ketones (excluding diaryl/α,β-unsaturated/α-hetero) is 2. The van der Waals surface area contributed by atoms with Gasteiger partial charge in [0.25, 0.3) is 0 Å². The maximum absolute atomic E-state index is 13.3. The van der Waals surface area contributed by atoms with Crippen molar-refractivity contribution in [2.45, 2.75) is 84.5 Å². The van der Waals surface area contributed by atoms with Crippen molar-refractivity contribution in [3.63, 3.8) is 0 Å². The maximum Gasteiger partial charge on any atom is 0.220 e. The average molecular weight is 811 g/mol. The van der Waals surface area contributed by atoms with Crippen LogP contribution in [0.3, 0.4) is 0 Å².